The first-order valence-corrected chi connectivity index (χ1v) is 5.63. The highest BCUT2D eigenvalue weighted by molar-refractivity contribution is 6.29. The molecule has 0 saturated heterocycles. The summed E-state index contributed by atoms with van der Waals surface area (Å²) in [6, 6.07) is 2.25. The van der Waals surface area contributed by atoms with Crippen molar-refractivity contribution in [3.05, 3.63) is 17.5 Å². The summed E-state index contributed by atoms with van der Waals surface area (Å²) in [6.07, 6.45) is 6.09. The molecule has 3 N–H and O–H groups in total. The lowest BCUT2D eigenvalue weighted by molar-refractivity contribution is 0.403. The Balaban J connectivity index is 2.01. The van der Waals surface area contributed by atoms with Gasteiger partial charge in [-0.2, -0.15) is 0 Å². The summed E-state index contributed by atoms with van der Waals surface area (Å²) in [5.41, 5.74) is 6.03. The molecule has 0 spiro atoms. The van der Waals surface area contributed by atoms with E-state index in [1.807, 2.05) is 0 Å². The van der Waals surface area contributed by atoms with E-state index in [0.717, 1.165) is 18.7 Å². The highest BCUT2D eigenvalue weighted by atomic mass is 35.5. The first-order chi connectivity index (χ1) is 7.25. The number of hydrogen-bond donors (Lipinski definition) is 2. The molecular weight excluding hydrogens is 212 g/mol. The Morgan fingerprint density at radius 2 is 2.13 bits per heavy atom. The summed E-state index contributed by atoms with van der Waals surface area (Å²) in [7, 11) is 0. The number of nitrogens with zero attached hydrogens (tertiary/aromatic N) is 2. The first kappa shape index (κ1) is 10.6. The van der Waals surface area contributed by atoms with Gasteiger partial charge in [0, 0.05) is 18.2 Å². The van der Waals surface area contributed by atoms with E-state index in [1.54, 1.807) is 6.07 Å². The largest absolute Gasteiger partial charge is 0.366 e. The second-order valence-electron chi connectivity index (χ2n) is 3.93. The molecule has 0 aromatic carbocycles. The Morgan fingerprint density at radius 3 is 2.87 bits per heavy atom. The van der Waals surface area contributed by atoms with E-state index in [0.29, 0.717) is 11.2 Å². The minimum absolute atomic E-state index is 0.215. The van der Waals surface area contributed by atoms with Gasteiger partial charge in [0.05, 0.1) is 0 Å². The number of aromatic nitrogens is 2. The van der Waals surface area contributed by atoms with Crippen molar-refractivity contribution in [2.45, 2.75) is 37.8 Å². The van der Waals surface area contributed by atoms with Crippen molar-refractivity contribution in [2.24, 2.45) is 5.73 Å². The van der Waals surface area contributed by atoms with Gasteiger partial charge in [-0.05, 0) is 12.8 Å². The molecule has 0 radical (unpaired) electrons. The minimum Gasteiger partial charge on any atom is -0.366 e. The van der Waals surface area contributed by atoms with Gasteiger partial charge in [0.1, 0.15) is 17.3 Å². The third-order valence-electron chi connectivity index (χ3n) is 2.79. The molecule has 0 bridgehead atoms. The summed E-state index contributed by atoms with van der Waals surface area (Å²) in [6.45, 7) is 0. The van der Waals surface area contributed by atoms with Gasteiger partial charge in [0.2, 0.25) is 0 Å². The first-order valence-electron chi connectivity index (χ1n) is 5.25. The summed E-state index contributed by atoms with van der Waals surface area (Å²) >= 11 is 5.78. The number of rotatable bonds is 2. The Bertz CT molecular complexity index is 331. The van der Waals surface area contributed by atoms with Gasteiger partial charge in [0.15, 0.2) is 0 Å². The Kier molecular flexibility index (Phi) is 3.38. The van der Waals surface area contributed by atoms with Crippen LogP contribution in [0.4, 0.5) is 5.82 Å². The molecule has 1 aliphatic carbocycles. The van der Waals surface area contributed by atoms with Crippen molar-refractivity contribution < 1.29 is 0 Å². The maximum absolute atomic E-state index is 6.03. The maximum Gasteiger partial charge on any atom is 0.134 e. The van der Waals surface area contributed by atoms with Crippen LogP contribution in [-0.4, -0.2) is 22.1 Å². The van der Waals surface area contributed by atoms with Crippen LogP contribution in [0.15, 0.2) is 12.4 Å². The molecule has 1 fully saturated rings. The summed E-state index contributed by atoms with van der Waals surface area (Å²) in [4.78, 5) is 7.94. The lowest BCUT2D eigenvalue weighted by atomic mass is 9.91. The van der Waals surface area contributed by atoms with Crippen LogP contribution in [0.25, 0.3) is 0 Å². The van der Waals surface area contributed by atoms with Crippen molar-refractivity contribution >= 4 is 17.4 Å². The number of anilines is 1. The van der Waals surface area contributed by atoms with Crippen LogP contribution >= 0.6 is 11.6 Å². The standard InChI is InChI=1S/C10H15ClN4/c11-9-5-10(14-6-13-9)15-8-4-2-1-3-7(8)12/h5-8H,1-4,12H2,(H,13,14,15)/t7-,8-/m1/s1. The fraction of sp³-hybridized carbons (Fsp3) is 0.600. The molecule has 1 saturated carbocycles. The monoisotopic (exact) mass is 226 g/mol. The lowest BCUT2D eigenvalue weighted by Crippen LogP contribution is -2.42. The summed E-state index contributed by atoms with van der Waals surface area (Å²) < 4.78 is 0. The molecular formula is C10H15ClN4. The average molecular weight is 227 g/mol. The molecule has 4 nitrogen and oxygen atoms in total. The number of hydrogen-bond acceptors (Lipinski definition) is 4. The molecule has 1 aromatic heterocycles. The molecule has 0 amide bonds. The zero-order chi connectivity index (χ0) is 10.7. The van der Waals surface area contributed by atoms with Crippen LogP contribution in [0.3, 0.4) is 0 Å². The van der Waals surface area contributed by atoms with E-state index in [1.165, 1.54) is 19.2 Å². The molecule has 0 unspecified atom stereocenters. The maximum atomic E-state index is 6.03. The highest BCUT2D eigenvalue weighted by Gasteiger charge is 2.21. The molecule has 82 valence electrons. The summed E-state index contributed by atoms with van der Waals surface area (Å²) in [5.74, 6) is 0.761. The van der Waals surface area contributed by atoms with Gasteiger partial charge in [-0.15, -0.1) is 0 Å². The number of nitrogens with one attached hydrogen (secondary N) is 1. The number of halogens is 1. The van der Waals surface area contributed by atoms with Crippen molar-refractivity contribution in [3.63, 3.8) is 0 Å². The van der Waals surface area contributed by atoms with Gasteiger partial charge >= 0.3 is 0 Å². The SMILES string of the molecule is N[C@@H]1CCCC[C@H]1Nc1cc(Cl)ncn1. The van der Waals surface area contributed by atoms with Crippen LogP contribution in [0.2, 0.25) is 5.15 Å². The quantitative estimate of drug-likeness (QED) is 0.755. The zero-order valence-corrected chi connectivity index (χ0v) is 9.24. The van der Waals surface area contributed by atoms with Gasteiger partial charge in [-0.25, -0.2) is 9.97 Å². The van der Waals surface area contributed by atoms with Crippen LogP contribution in [0.1, 0.15) is 25.7 Å². The van der Waals surface area contributed by atoms with Gasteiger partial charge in [-0.1, -0.05) is 24.4 Å². The Morgan fingerprint density at radius 1 is 1.33 bits per heavy atom. The van der Waals surface area contributed by atoms with E-state index < -0.39 is 0 Å². The predicted molar refractivity (Wildman–Crippen MR) is 60.9 cm³/mol. The van der Waals surface area contributed by atoms with Crippen LogP contribution < -0.4 is 11.1 Å². The van der Waals surface area contributed by atoms with Gasteiger partial charge < -0.3 is 11.1 Å². The molecule has 1 aromatic rings. The molecule has 1 aliphatic rings. The third-order valence-corrected chi connectivity index (χ3v) is 2.99. The van der Waals surface area contributed by atoms with E-state index >= 15 is 0 Å². The Hall–Kier alpha value is -0.870. The van der Waals surface area contributed by atoms with Crippen molar-refractivity contribution in [1.29, 1.82) is 0 Å². The molecule has 1 heterocycles. The normalized spacial score (nSPS) is 26.3. The van der Waals surface area contributed by atoms with Crippen LogP contribution in [0, 0.1) is 0 Å². The molecule has 2 atom stereocenters. The van der Waals surface area contributed by atoms with Gasteiger partial charge in [-0.3, -0.25) is 0 Å². The lowest BCUT2D eigenvalue weighted by Gasteiger charge is -2.29. The fourth-order valence-electron chi connectivity index (χ4n) is 1.94. The highest BCUT2D eigenvalue weighted by Crippen LogP contribution is 2.20. The third kappa shape index (κ3) is 2.79. The van der Waals surface area contributed by atoms with Gasteiger partial charge in [0.25, 0.3) is 0 Å². The van der Waals surface area contributed by atoms with E-state index in [2.05, 4.69) is 15.3 Å². The number of nitrogens with two attached hydrogens (primary N) is 1. The topological polar surface area (TPSA) is 63.8 Å². The average Bonchev–Trinajstić information content (AvgIpc) is 2.22. The summed E-state index contributed by atoms with van der Waals surface area (Å²) in [5, 5.41) is 3.77. The fourth-order valence-corrected chi connectivity index (χ4v) is 2.09. The van der Waals surface area contributed by atoms with Crippen molar-refractivity contribution in [2.75, 3.05) is 5.32 Å². The van der Waals surface area contributed by atoms with E-state index in [4.69, 9.17) is 17.3 Å². The molecule has 0 aliphatic heterocycles. The van der Waals surface area contributed by atoms with Crippen LogP contribution in [-0.2, 0) is 0 Å². The second-order valence-corrected chi connectivity index (χ2v) is 4.31. The molecule has 5 heteroatoms. The van der Waals surface area contributed by atoms with E-state index in [-0.39, 0.29) is 6.04 Å². The minimum atomic E-state index is 0.215. The molecule has 15 heavy (non-hydrogen) atoms. The second kappa shape index (κ2) is 4.77. The molecule has 2 rings (SSSR count). The van der Waals surface area contributed by atoms with Crippen LogP contribution in [0.5, 0.6) is 0 Å². The van der Waals surface area contributed by atoms with E-state index in [9.17, 15) is 0 Å². The zero-order valence-electron chi connectivity index (χ0n) is 8.49. The van der Waals surface area contributed by atoms with Crippen molar-refractivity contribution in [3.8, 4) is 0 Å². The Labute approximate surface area is 94.2 Å². The van der Waals surface area contributed by atoms with Crippen molar-refractivity contribution in [1.82, 2.24) is 9.97 Å². The smallest absolute Gasteiger partial charge is 0.134 e. The predicted octanol–water partition coefficient (Wildman–Crippen LogP) is 1.81.